The Bertz CT molecular complexity index is 368. The number of methoxy groups -OCH3 is 1. The lowest BCUT2D eigenvalue weighted by Crippen LogP contribution is -2.07. The zero-order chi connectivity index (χ0) is 10.7. The molecule has 0 radical (unpaired) electrons. The largest absolute Gasteiger partial charge is 0.469 e. The Labute approximate surface area is 89.2 Å². The Balaban J connectivity index is 2.98. The molecule has 3 nitrogen and oxygen atoms in total. The Kier molecular flexibility index (Phi) is 3.46. The van der Waals surface area contributed by atoms with Crippen LogP contribution < -0.4 is 5.73 Å². The first-order chi connectivity index (χ1) is 6.54. The molecule has 0 unspecified atom stereocenters. The van der Waals surface area contributed by atoms with Crippen molar-refractivity contribution in [2.45, 2.75) is 6.42 Å². The summed E-state index contributed by atoms with van der Waals surface area (Å²) in [5.74, 6) is -0.970. The minimum atomic E-state index is -0.495. The number of halogens is 2. The van der Waals surface area contributed by atoms with Gasteiger partial charge in [-0.3, -0.25) is 4.79 Å². The van der Waals surface area contributed by atoms with Gasteiger partial charge in [0.15, 0.2) is 0 Å². The van der Waals surface area contributed by atoms with Gasteiger partial charge in [-0.2, -0.15) is 0 Å². The molecular formula is C9H9BrFNO2. The number of anilines is 1. The molecule has 1 aromatic carbocycles. The molecule has 0 saturated carbocycles. The van der Waals surface area contributed by atoms with Gasteiger partial charge in [-0.05, 0) is 28.1 Å². The zero-order valence-corrected chi connectivity index (χ0v) is 9.10. The van der Waals surface area contributed by atoms with Gasteiger partial charge in [-0.1, -0.05) is 0 Å². The summed E-state index contributed by atoms with van der Waals surface area (Å²) < 4.78 is 18.1. The second kappa shape index (κ2) is 4.41. The molecule has 0 spiro atoms. The van der Waals surface area contributed by atoms with Crippen molar-refractivity contribution >= 4 is 27.6 Å². The molecule has 14 heavy (non-hydrogen) atoms. The fourth-order valence-electron chi connectivity index (χ4n) is 0.976. The molecule has 0 heterocycles. The maximum Gasteiger partial charge on any atom is 0.310 e. The summed E-state index contributed by atoms with van der Waals surface area (Å²) in [5.41, 5.74) is 6.17. The Morgan fingerprint density at radius 2 is 2.29 bits per heavy atom. The van der Waals surface area contributed by atoms with Crippen LogP contribution in [0.3, 0.4) is 0 Å². The van der Waals surface area contributed by atoms with Gasteiger partial charge in [-0.15, -0.1) is 0 Å². The van der Waals surface area contributed by atoms with E-state index in [1.165, 1.54) is 19.2 Å². The number of rotatable bonds is 2. The second-order valence-corrected chi connectivity index (χ2v) is 3.57. The Morgan fingerprint density at radius 3 is 2.86 bits per heavy atom. The van der Waals surface area contributed by atoms with Crippen molar-refractivity contribution in [3.05, 3.63) is 28.0 Å². The van der Waals surface area contributed by atoms with Crippen LogP contribution in [0.4, 0.5) is 10.1 Å². The third-order valence-corrected chi connectivity index (χ3v) is 2.41. The van der Waals surface area contributed by atoms with Crippen LogP contribution in [0.5, 0.6) is 0 Å². The maximum atomic E-state index is 13.2. The fraction of sp³-hybridized carbons (Fsp3) is 0.222. The van der Waals surface area contributed by atoms with Crippen molar-refractivity contribution in [2.75, 3.05) is 12.8 Å². The number of nitrogens with two attached hydrogens (primary N) is 1. The smallest absolute Gasteiger partial charge is 0.310 e. The van der Waals surface area contributed by atoms with Crippen molar-refractivity contribution in [3.8, 4) is 0 Å². The van der Waals surface area contributed by atoms with Gasteiger partial charge < -0.3 is 10.5 Å². The van der Waals surface area contributed by atoms with Gasteiger partial charge in [0.25, 0.3) is 0 Å². The number of esters is 1. The minimum absolute atomic E-state index is 0.111. The van der Waals surface area contributed by atoms with Gasteiger partial charge in [-0.25, -0.2) is 4.39 Å². The van der Waals surface area contributed by atoms with E-state index in [0.29, 0.717) is 10.2 Å². The first-order valence-corrected chi connectivity index (χ1v) is 4.64. The molecule has 2 N–H and O–H groups in total. The summed E-state index contributed by atoms with van der Waals surface area (Å²) in [6, 6.07) is 2.64. The highest BCUT2D eigenvalue weighted by atomic mass is 79.9. The fourth-order valence-corrected chi connectivity index (χ4v) is 1.29. The van der Waals surface area contributed by atoms with Crippen molar-refractivity contribution in [3.63, 3.8) is 0 Å². The molecule has 0 aromatic heterocycles. The van der Waals surface area contributed by atoms with E-state index in [1.807, 2.05) is 0 Å². The average molecular weight is 262 g/mol. The monoisotopic (exact) mass is 261 g/mol. The van der Waals surface area contributed by atoms with Crippen molar-refractivity contribution in [2.24, 2.45) is 0 Å². The summed E-state index contributed by atoms with van der Waals surface area (Å²) in [5, 5.41) is 0. The molecule has 5 heteroatoms. The maximum absolute atomic E-state index is 13.2. The SMILES string of the molecule is COC(=O)Cc1cc(N)c(Br)cc1F. The Morgan fingerprint density at radius 1 is 1.64 bits per heavy atom. The summed E-state index contributed by atoms with van der Waals surface area (Å²) in [4.78, 5) is 10.9. The predicted octanol–water partition coefficient (Wildman–Crippen LogP) is 1.89. The number of hydrogen-bond donors (Lipinski definition) is 1. The Hall–Kier alpha value is -1.10. The van der Waals surface area contributed by atoms with Crippen molar-refractivity contribution in [1.29, 1.82) is 0 Å². The minimum Gasteiger partial charge on any atom is -0.469 e. The highest BCUT2D eigenvalue weighted by molar-refractivity contribution is 9.10. The highest BCUT2D eigenvalue weighted by Gasteiger charge is 2.10. The van der Waals surface area contributed by atoms with Crippen LogP contribution in [0.2, 0.25) is 0 Å². The summed E-state index contributed by atoms with van der Waals surface area (Å²) >= 11 is 3.08. The van der Waals surface area contributed by atoms with Gasteiger partial charge in [0.2, 0.25) is 0 Å². The normalized spacial score (nSPS) is 9.93. The molecule has 0 aliphatic rings. The van der Waals surface area contributed by atoms with E-state index >= 15 is 0 Å². The summed E-state index contributed by atoms with van der Waals surface area (Å²) in [6.07, 6.45) is -0.111. The van der Waals surface area contributed by atoms with E-state index in [-0.39, 0.29) is 12.0 Å². The third-order valence-electron chi connectivity index (χ3n) is 1.73. The van der Waals surface area contributed by atoms with Crippen LogP contribution >= 0.6 is 15.9 Å². The molecule has 1 rings (SSSR count). The lowest BCUT2D eigenvalue weighted by atomic mass is 10.1. The van der Waals surface area contributed by atoms with E-state index in [2.05, 4.69) is 20.7 Å². The van der Waals surface area contributed by atoms with Gasteiger partial charge in [0, 0.05) is 15.7 Å². The van der Waals surface area contributed by atoms with E-state index < -0.39 is 11.8 Å². The lowest BCUT2D eigenvalue weighted by molar-refractivity contribution is -0.139. The van der Waals surface area contributed by atoms with Crippen molar-refractivity contribution < 1.29 is 13.9 Å². The van der Waals surface area contributed by atoms with E-state index in [9.17, 15) is 9.18 Å². The average Bonchev–Trinajstić information content (AvgIpc) is 2.14. The first kappa shape index (κ1) is 11.0. The van der Waals surface area contributed by atoms with E-state index in [1.54, 1.807) is 0 Å². The number of carbonyl (C=O) groups is 1. The molecule has 0 bridgehead atoms. The second-order valence-electron chi connectivity index (χ2n) is 2.72. The number of carbonyl (C=O) groups excluding carboxylic acids is 1. The van der Waals surface area contributed by atoms with Crippen LogP contribution in [0.1, 0.15) is 5.56 Å². The van der Waals surface area contributed by atoms with Crippen molar-refractivity contribution in [1.82, 2.24) is 0 Å². The number of benzene rings is 1. The molecular weight excluding hydrogens is 253 g/mol. The van der Waals surface area contributed by atoms with Crippen LogP contribution in [-0.2, 0) is 16.0 Å². The molecule has 0 aliphatic carbocycles. The molecule has 0 fully saturated rings. The molecule has 0 amide bonds. The van der Waals surface area contributed by atoms with Gasteiger partial charge in [0.05, 0.1) is 13.5 Å². The molecule has 0 saturated heterocycles. The van der Waals surface area contributed by atoms with E-state index in [0.717, 1.165) is 0 Å². The number of ether oxygens (including phenoxy) is 1. The van der Waals surface area contributed by atoms with Crippen LogP contribution in [0.15, 0.2) is 16.6 Å². The lowest BCUT2D eigenvalue weighted by Gasteiger charge is -2.04. The standard InChI is InChI=1S/C9H9BrFNO2/c1-14-9(13)3-5-2-8(12)6(10)4-7(5)11/h2,4H,3,12H2,1H3. The molecule has 1 aromatic rings. The predicted molar refractivity (Wildman–Crippen MR) is 54.2 cm³/mol. The summed E-state index contributed by atoms with van der Waals surface area (Å²) in [6.45, 7) is 0. The van der Waals surface area contributed by atoms with Gasteiger partial charge in [0.1, 0.15) is 5.82 Å². The first-order valence-electron chi connectivity index (χ1n) is 3.84. The number of nitrogen functional groups attached to an aromatic ring is 1. The summed E-state index contributed by atoms with van der Waals surface area (Å²) in [7, 11) is 1.25. The molecule has 0 atom stereocenters. The van der Waals surface area contributed by atoms with Crippen LogP contribution in [-0.4, -0.2) is 13.1 Å². The molecule has 76 valence electrons. The highest BCUT2D eigenvalue weighted by Crippen LogP contribution is 2.23. The van der Waals surface area contributed by atoms with Crippen LogP contribution in [0, 0.1) is 5.82 Å². The van der Waals surface area contributed by atoms with Crippen LogP contribution in [0.25, 0.3) is 0 Å². The zero-order valence-electron chi connectivity index (χ0n) is 7.51. The molecule has 0 aliphatic heterocycles. The third kappa shape index (κ3) is 2.45. The topological polar surface area (TPSA) is 52.3 Å². The van der Waals surface area contributed by atoms with Gasteiger partial charge >= 0.3 is 5.97 Å². The van der Waals surface area contributed by atoms with E-state index in [4.69, 9.17) is 5.73 Å². The quantitative estimate of drug-likeness (QED) is 0.654. The number of hydrogen-bond acceptors (Lipinski definition) is 3.